The van der Waals surface area contributed by atoms with E-state index in [2.05, 4.69) is 15.0 Å². The average Bonchev–Trinajstić information content (AvgIpc) is 2.99. The SMILES string of the molecule is CCNC(C)c1ccc(S(=O)(=O)NCc2nccs2)cc1. The first-order valence-corrected chi connectivity index (χ1v) is 9.10. The van der Waals surface area contributed by atoms with E-state index >= 15 is 0 Å². The van der Waals surface area contributed by atoms with Gasteiger partial charge in [0.25, 0.3) is 0 Å². The van der Waals surface area contributed by atoms with Gasteiger partial charge < -0.3 is 5.32 Å². The van der Waals surface area contributed by atoms with Crippen LogP contribution >= 0.6 is 11.3 Å². The molecule has 2 aromatic rings. The molecule has 1 atom stereocenters. The van der Waals surface area contributed by atoms with Crippen LogP contribution in [0.3, 0.4) is 0 Å². The second-order valence-corrected chi connectivity index (χ2v) is 7.34. The Morgan fingerprint density at radius 2 is 2.00 bits per heavy atom. The molecule has 0 bridgehead atoms. The molecule has 1 unspecified atom stereocenters. The molecule has 0 amide bonds. The number of hydrogen-bond donors (Lipinski definition) is 2. The summed E-state index contributed by atoms with van der Waals surface area (Å²) >= 11 is 1.42. The van der Waals surface area contributed by atoms with Gasteiger partial charge in [0.15, 0.2) is 0 Å². The number of benzene rings is 1. The van der Waals surface area contributed by atoms with Crippen molar-refractivity contribution in [2.24, 2.45) is 0 Å². The summed E-state index contributed by atoms with van der Waals surface area (Å²) in [4.78, 5) is 4.32. The van der Waals surface area contributed by atoms with Gasteiger partial charge in [-0.2, -0.15) is 0 Å². The predicted molar refractivity (Wildman–Crippen MR) is 84.7 cm³/mol. The Labute approximate surface area is 129 Å². The smallest absolute Gasteiger partial charge is 0.240 e. The van der Waals surface area contributed by atoms with E-state index in [1.807, 2.05) is 31.4 Å². The van der Waals surface area contributed by atoms with Crippen molar-refractivity contribution in [2.75, 3.05) is 6.54 Å². The Kier molecular flexibility index (Phi) is 5.46. The maximum atomic E-state index is 12.2. The Bertz CT molecular complexity index is 652. The van der Waals surface area contributed by atoms with Gasteiger partial charge in [0.2, 0.25) is 10.0 Å². The molecule has 1 aromatic carbocycles. The van der Waals surface area contributed by atoms with Crippen LogP contribution < -0.4 is 10.0 Å². The maximum Gasteiger partial charge on any atom is 0.240 e. The molecule has 0 saturated carbocycles. The first kappa shape index (κ1) is 16.1. The van der Waals surface area contributed by atoms with Gasteiger partial charge in [-0.3, -0.25) is 0 Å². The Balaban J connectivity index is 2.06. The van der Waals surface area contributed by atoms with Gasteiger partial charge in [-0.25, -0.2) is 18.1 Å². The summed E-state index contributed by atoms with van der Waals surface area (Å²) < 4.78 is 26.9. The van der Waals surface area contributed by atoms with Gasteiger partial charge >= 0.3 is 0 Å². The molecule has 7 heteroatoms. The summed E-state index contributed by atoms with van der Waals surface area (Å²) in [7, 11) is -3.49. The van der Waals surface area contributed by atoms with E-state index in [4.69, 9.17) is 0 Å². The first-order chi connectivity index (χ1) is 10.0. The number of aromatic nitrogens is 1. The number of sulfonamides is 1. The van der Waals surface area contributed by atoms with Crippen molar-refractivity contribution in [3.8, 4) is 0 Å². The molecule has 114 valence electrons. The molecular weight excluding hydrogens is 306 g/mol. The van der Waals surface area contributed by atoms with Crippen LogP contribution in [-0.4, -0.2) is 19.9 Å². The van der Waals surface area contributed by atoms with Gasteiger partial charge in [0.05, 0.1) is 11.4 Å². The molecule has 5 nitrogen and oxygen atoms in total. The van der Waals surface area contributed by atoms with E-state index < -0.39 is 10.0 Å². The van der Waals surface area contributed by atoms with Crippen molar-refractivity contribution < 1.29 is 8.42 Å². The van der Waals surface area contributed by atoms with Crippen molar-refractivity contribution in [3.63, 3.8) is 0 Å². The van der Waals surface area contributed by atoms with Crippen molar-refractivity contribution in [3.05, 3.63) is 46.4 Å². The normalized spacial score (nSPS) is 13.2. The average molecular weight is 325 g/mol. The summed E-state index contributed by atoms with van der Waals surface area (Å²) in [5.74, 6) is 0. The molecule has 1 aromatic heterocycles. The monoisotopic (exact) mass is 325 g/mol. The molecule has 0 spiro atoms. The zero-order chi connectivity index (χ0) is 15.3. The van der Waals surface area contributed by atoms with Gasteiger partial charge in [-0.05, 0) is 31.2 Å². The van der Waals surface area contributed by atoms with Crippen LogP contribution in [0.2, 0.25) is 0 Å². The quantitative estimate of drug-likeness (QED) is 0.819. The number of hydrogen-bond acceptors (Lipinski definition) is 5. The topological polar surface area (TPSA) is 71.1 Å². The molecule has 0 radical (unpaired) electrons. The molecule has 2 N–H and O–H groups in total. The second-order valence-electron chi connectivity index (χ2n) is 4.60. The van der Waals surface area contributed by atoms with Crippen LogP contribution in [0.15, 0.2) is 40.7 Å². The predicted octanol–water partition coefficient (Wildman–Crippen LogP) is 2.29. The van der Waals surface area contributed by atoms with Crippen LogP contribution in [0.25, 0.3) is 0 Å². The van der Waals surface area contributed by atoms with E-state index in [9.17, 15) is 8.42 Å². The van der Waals surface area contributed by atoms with Gasteiger partial charge in [-0.1, -0.05) is 19.1 Å². The number of nitrogens with one attached hydrogen (secondary N) is 2. The zero-order valence-electron chi connectivity index (χ0n) is 12.0. The van der Waals surface area contributed by atoms with Crippen molar-refractivity contribution in [1.29, 1.82) is 0 Å². The van der Waals surface area contributed by atoms with E-state index in [0.717, 1.165) is 17.1 Å². The van der Waals surface area contributed by atoms with Crippen LogP contribution in [0.4, 0.5) is 0 Å². The fourth-order valence-electron chi connectivity index (χ4n) is 1.94. The lowest BCUT2D eigenvalue weighted by Gasteiger charge is -2.13. The lowest BCUT2D eigenvalue weighted by molar-refractivity contribution is 0.580. The summed E-state index contributed by atoms with van der Waals surface area (Å²) in [5, 5.41) is 5.86. The fraction of sp³-hybridized carbons (Fsp3) is 0.357. The highest BCUT2D eigenvalue weighted by Crippen LogP contribution is 2.16. The molecule has 0 fully saturated rings. The largest absolute Gasteiger partial charge is 0.310 e. The molecule has 0 aliphatic carbocycles. The fourth-order valence-corrected chi connectivity index (χ4v) is 3.58. The maximum absolute atomic E-state index is 12.2. The van der Waals surface area contributed by atoms with E-state index in [0.29, 0.717) is 0 Å². The van der Waals surface area contributed by atoms with Crippen molar-refractivity contribution >= 4 is 21.4 Å². The van der Waals surface area contributed by atoms with Crippen LogP contribution in [0, 0.1) is 0 Å². The third-order valence-electron chi connectivity index (χ3n) is 3.10. The molecule has 21 heavy (non-hydrogen) atoms. The minimum atomic E-state index is -3.49. The molecule has 0 aliphatic heterocycles. The number of rotatable bonds is 7. The molecule has 0 aliphatic rings. The highest BCUT2D eigenvalue weighted by atomic mass is 32.2. The Morgan fingerprint density at radius 3 is 2.57 bits per heavy atom. The molecule has 0 saturated heterocycles. The zero-order valence-corrected chi connectivity index (χ0v) is 13.7. The summed E-state index contributed by atoms with van der Waals surface area (Å²) in [6.07, 6.45) is 1.66. The molecule has 2 rings (SSSR count). The second kappa shape index (κ2) is 7.13. The van der Waals surface area contributed by atoms with E-state index in [1.54, 1.807) is 18.3 Å². The van der Waals surface area contributed by atoms with Crippen molar-refractivity contribution in [1.82, 2.24) is 15.0 Å². The standard InChI is InChI=1S/C14H19N3O2S2/c1-3-15-11(2)12-4-6-13(7-5-12)21(18,19)17-10-14-16-8-9-20-14/h4-9,11,15,17H,3,10H2,1-2H3. The minimum Gasteiger partial charge on any atom is -0.310 e. The highest BCUT2D eigenvalue weighted by Gasteiger charge is 2.14. The van der Waals surface area contributed by atoms with E-state index in [-0.39, 0.29) is 17.5 Å². The van der Waals surface area contributed by atoms with Crippen LogP contribution in [0.1, 0.15) is 30.5 Å². The lowest BCUT2D eigenvalue weighted by atomic mass is 10.1. The third-order valence-corrected chi connectivity index (χ3v) is 5.29. The molecule has 1 heterocycles. The summed E-state index contributed by atoms with van der Waals surface area (Å²) in [6.45, 7) is 5.18. The Morgan fingerprint density at radius 1 is 1.29 bits per heavy atom. The number of nitrogens with zero attached hydrogens (tertiary/aromatic N) is 1. The summed E-state index contributed by atoms with van der Waals surface area (Å²) in [6, 6.07) is 7.15. The Hall–Kier alpha value is -1.28. The molecular formula is C14H19N3O2S2. The number of thiazole rings is 1. The van der Waals surface area contributed by atoms with Crippen molar-refractivity contribution in [2.45, 2.75) is 31.3 Å². The minimum absolute atomic E-state index is 0.204. The summed E-state index contributed by atoms with van der Waals surface area (Å²) in [5.41, 5.74) is 1.07. The lowest BCUT2D eigenvalue weighted by Crippen LogP contribution is -2.23. The highest BCUT2D eigenvalue weighted by molar-refractivity contribution is 7.89. The van der Waals surface area contributed by atoms with E-state index in [1.165, 1.54) is 11.3 Å². The van der Waals surface area contributed by atoms with Crippen LogP contribution in [0.5, 0.6) is 0 Å². The van der Waals surface area contributed by atoms with Gasteiger partial charge in [-0.15, -0.1) is 11.3 Å². The first-order valence-electron chi connectivity index (χ1n) is 6.74. The van der Waals surface area contributed by atoms with Gasteiger partial charge in [0, 0.05) is 17.6 Å². The van der Waals surface area contributed by atoms with Crippen LogP contribution in [-0.2, 0) is 16.6 Å². The third kappa shape index (κ3) is 4.34. The van der Waals surface area contributed by atoms with Gasteiger partial charge in [0.1, 0.15) is 5.01 Å².